The topological polar surface area (TPSA) is 63.2 Å². The van der Waals surface area contributed by atoms with Gasteiger partial charge in [0.2, 0.25) is 0 Å². The average molecular weight is 333 g/mol. The molecule has 1 unspecified atom stereocenters. The van der Waals surface area contributed by atoms with E-state index in [9.17, 15) is 13.6 Å². The molecule has 1 amide bonds. The summed E-state index contributed by atoms with van der Waals surface area (Å²) in [4.78, 5) is 16.1. The molecule has 1 atom stereocenters. The summed E-state index contributed by atoms with van der Waals surface area (Å²) < 4.78 is 31.9. The second-order valence-corrected chi connectivity index (χ2v) is 5.53. The Morgan fingerprint density at radius 1 is 1.29 bits per heavy atom. The van der Waals surface area contributed by atoms with Crippen molar-refractivity contribution in [1.29, 1.82) is 0 Å². The Morgan fingerprint density at radius 2 is 2.17 bits per heavy atom. The Hall–Kier alpha value is -2.54. The highest BCUT2D eigenvalue weighted by atomic mass is 19.1. The van der Waals surface area contributed by atoms with Crippen molar-refractivity contribution in [3.05, 3.63) is 53.9 Å². The zero-order valence-electron chi connectivity index (χ0n) is 12.9. The van der Waals surface area contributed by atoms with E-state index in [2.05, 4.69) is 15.6 Å². The average Bonchev–Trinajstić information content (AvgIpc) is 3.09. The van der Waals surface area contributed by atoms with Crippen LogP contribution in [0, 0.1) is 11.6 Å². The molecular formula is C17H17F2N3O2. The van der Waals surface area contributed by atoms with E-state index < -0.39 is 11.6 Å². The number of nitrogens with zero attached hydrogens (tertiary/aromatic N) is 1. The van der Waals surface area contributed by atoms with Gasteiger partial charge >= 0.3 is 0 Å². The van der Waals surface area contributed by atoms with Gasteiger partial charge in [0.1, 0.15) is 17.3 Å². The van der Waals surface area contributed by atoms with Gasteiger partial charge in [0.15, 0.2) is 0 Å². The minimum Gasteiger partial charge on any atom is -0.376 e. The molecule has 7 heteroatoms. The third kappa shape index (κ3) is 4.05. The van der Waals surface area contributed by atoms with Crippen LogP contribution in [0.1, 0.15) is 23.3 Å². The molecule has 1 aromatic carbocycles. The molecule has 0 bridgehead atoms. The number of anilines is 2. The van der Waals surface area contributed by atoms with Gasteiger partial charge in [-0.2, -0.15) is 0 Å². The number of carbonyl (C=O) groups excluding carboxylic acids is 1. The molecular weight excluding hydrogens is 316 g/mol. The quantitative estimate of drug-likeness (QED) is 0.883. The van der Waals surface area contributed by atoms with Gasteiger partial charge in [-0.15, -0.1) is 0 Å². The Balaban J connectivity index is 1.59. The number of halogens is 2. The van der Waals surface area contributed by atoms with E-state index >= 15 is 0 Å². The zero-order valence-corrected chi connectivity index (χ0v) is 12.9. The standard InChI is InChI=1S/C17H17F2N3O2/c18-11-3-5-15(14(19)8-11)22-12-4-6-16(20-9-12)17(23)21-10-13-2-1-7-24-13/h3-6,8-9,13,22H,1-2,7,10H2,(H,21,23). The number of aromatic nitrogens is 1. The van der Waals surface area contributed by atoms with Crippen molar-refractivity contribution in [3.8, 4) is 0 Å². The molecule has 3 rings (SSSR count). The van der Waals surface area contributed by atoms with Gasteiger partial charge in [-0.3, -0.25) is 4.79 Å². The molecule has 0 aliphatic carbocycles. The summed E-state index contributed by atoms with van der Waals surface area (Å²) >= 11 is 0. The summed E-state index contributed by atoms with van der Waals surface area (Å²) in [6, 6.07) is 6.40. The van der Waals surface area contributed by atoms with Crippen molar-refractivity contribution in [3.63, 3.8) is 0 Å². The summed E-state index contributed by atoms with van der Waals surface area (Å²) in [6.07, 6.45) is 3.44. The molecule has 1 aromatic heterocycles. The summed E-state index contributed by atoms with van der Waals surface area (Å²) in [5.41, 5.74) is 0.892. The number of rotatable bonds is 5. The first kappa shape index (κ1) is 16.3. The van der Waals surface area contributed by atoms with Crippen LogP contribution in [-0.2, 0) is 4.74 Å². The van der Waals surface area contributed by atoms with E-state index in [-0.39, 0.29) is 23.4 Å². The van der Waals surface area contributed by atoms with Crippen LogP contribution in [-0.4, -0.2) is 30.1 Å². The lowest BCUT2D eigenvalue weighted by atomic mass is 10.2. The lowest BCUT2D eigenvalue weighted by molar-refractivity contribution is 0.0854. The Labute approximate surface area is 138 Å². The predicted molar refractivity (Wildman–Crippen MR) is 85.2 cm³/mol. The maximum atomic E-state index is 13.6. The zero-order chi connectivity index (χ0) is 16.9. The number of benzene rings is 1. The normalized spacial score (nSPS) is 16.8. The minimum absolute atomic E-state index is 0.0661. The molecule has 2 N–H and O–H groups in total. The van der Waals surface area contributed by atoms with Gasteiger partial charge in [0.25, 0.3) is 5.91 Å². The molecule has 5 nitrogen and oxygen atoms in total. The number of ether oxygens (including phenoxy) is 1. The van der Waals surface area contributed by atoms with Gasteiger partial charge in [-0.25, -0.2) is 13.8 Å². The number of amides is 1. The van der Waals surface area contributed by atoms with E-state index in [0.717, 1.165) is 31.6 Å². The highest BCUT2D eigenvalue weighted by Gasteiger charge is 2.17. The molecule has 1 saturated heterocycles. The third-order valence-electron chi connectivity index (χ3n) is 3.72. The fraction of sp³-hybridized carbons (Fsp3) is 0.294. The number of pyridine rings is 1. The molecule has 1 fully saturated rings. The predicted octanol–water partition coefficient (Wildman–Crippen LogP) is 3.01. The van der Waals surface area contributed by atoms with Crippen molar-refractivity contribution in [1.82, 2.24) is 10.3 Å². The number of hydrogen-bond donors (Lipinski definition) is 2. The number of carbonyl (C=O) groups is 1. The molecule has 0 saturated carbocycles. The van der Waals surface area contributed by atoms with E-state index in [0.29, 0.717) is 12.2 Å². The van der Waals surface area contributed by atoms with Crippen LogP contribution in [0.15, 0.2) is 36.5 Å². The highest BCUT2D eigenvalue weighted by Crippen LogP contribution is 2.20. The molecule has 1 aliphatic rings. The van der Waals surface area contributed by atoms with Crippen LogP contribution in [0.25, 0.3) is 0 Å². The van der Waals surface area contributed by atoms with E-state index in [4.69, 9.17) is 4.74 Å². The van der Waals surface area contributed by atoms with E-state index in [1.54, 1.807) is 6.07 Å². The van der Waals surface area contributed by atoms with Crippen LogP contribution in [0.2, 0.25) is 0 Å². The molecule has 0 radical (unpaired) electrons. The van der Waals surface area contributed by atoms with Crippen molar-refractivity contribution in [2.45, 2.75) is 18.9 Å². The molecule has 2 heterocycles. The smallest absolute Gasteiger partial charge is 0.269 e. The van der Waals surface area contributed by atoms with Crippen molar-refractivity contribution >= 4 is 17.3 Å². The summed E-state index contributed by atoms with van der Waals surface area (Å²) in [7, 11) is 0. The Bertz CT molecular complexity index is 716. The molecule has 126 valence electrons. The summed E-state index contributed by atoms with van der Waals surface area (Å²) in [5, 5.41) is 5.56. The van der Waals surface area contributed by atoms with Crippen LogP contribution in [0.4, 0.5) is 20.2 Å². The van der Waals surface area contributed by atoms with E-state index in [1.807, 2.05) is 0 Å². The fourth-order valence-electron chi connectivity index (χ4n) is 2.45. The minimum atomic E-state index is -0.701. The summed E-state index contributed by atoms with van der Waals surface area (Å²) in [5.74, 6) is -1.63. The molecule has 0 spiro atoms. The van der Waals surface area contributed by atoms with Gasteiger partial charge in [0, 0.05) is 19.2 Å². The first-order valence-corrected chi connectivity index (χ1v) is 7.70. The maximum absolute atomic E-state index is 13.6. The van der Waals surface area contributed by atoms with Gasteiger partial charge < -0.3 is 15.4 Å². The lowest BCUT2D eigenvalue weighted by Gasteiger charge is -2.11. The van der Waals surface area contributed by atoms with Crippen LogP contribution in [0.3, 0.4) is 0 Å². The van der Waals surface area contributed by atoms with Crippen molar-refractivity contribution < 1.29 is 18.3 Å². The van der Waals surface area contributed by atoms with Gasteiger partial charge in [0.05, 0.1) is 23.7 Å². The second-order valence-electron chi connectivity index (χ2n) is 5.53. The van der Waals surface area contributed by atoms with Crippen molar-refractivity contribution in [2.24, 2.45) is 0 Å². The number of hydrogen-bond acceptors (Lipinski definition) is 4. The second kappa shape index (κ2) is 7.35. The first-order valence-electron chi connectivity index (χ1n) is 7.70. The summed E-state index contributed by atoms with van der Waals surface area (Å²) in [6.45, 7) is 1.19. The maximum Gasteiger partial charge on any atom is 0.269 e. The molecule has 2 aromatic rings. The molecule has 1 aliphatic heterocycles. The van der Waals surface area contributed by atoms with E-state index in [1.165, 1.54) is 18.3 Å². The van der Waals surface area contributed by atoms with Gasteiger partial charge in [-0.05, 0) is 37.1 Å². The monoisotopic (exact) mass is 333 g/mol. The first-order chi connectivity index (χ1) is 11.6. The van der Waals surface area contributed by atoms with Gasteiger partial charge in [-0.1, -0.05) is 0 Å². The van der Waals surface area contributed by atoms with Crippen molar-refractivity contribution in [2.75, 3.05) is 18.5 Å². The van der Waals surface area contributed by atoms with Crippen LogP contribution < -0.4 is 10.6 Å². The van der Waals surface area contributed by atoms with Crippen LogP contribution in [0.5, 0.6) is 0 Å². The largest absolute Gasteiger partial charge is 0.376 e. The van der Waals surface area contributed by atoms with Crippen LogP contribution >= 0.6 is 0 Å². The Morgan fingerprint density at radius 3 is 2.83 bits per heavy atom. The fourth-order valence-corrected chi connectivity index (χ4v) is 2.45. The SMILES string of the molecule is O=C(NCC1CCCO1)c1ccc(Nc2ccc(F)cc2F)cn1. The number of nitrogens with one attached hydrogen (secondary N) is 2. The molecule has 24 heavy (non-hydrogen) atoms. The third-order valence-corrected chi connectivity index (χ3v) is 3.72. The highest BCUT2D eigenvalue weighted by molar-refractivity contribution is 5.92. The Kier molecular flexibility index (Phi) is 5.00. The lowest BCUT2D eigenvalue weighted by Crippen LogP contribution is -2.32.